The fraction of sp³-hybridized carbons (Fsp3) is 0.250. The molecule has 2 aromatic rings. The molecule has 2 rings (SSSR count). The molecule has 0 fully saturated rings. The van der Waals surface area contributed by atoms with E-state index >= 15 is 0 Å². The lowest BCUT2D eigenvalue weighted by atomic mass is 10.2. The van der Waals surface area contributed by atoms with Crippen LogP contribution in [0.2, 0.25) is 0 Å². The Kier molecular flexibility index (Phi) is 5.85. The zero-order chi connectivity index (χ0) is 16.7. The number of para-hydroxylation sites is 1. The van der Waals surface area contributed by atoms with Crippen LogP contribution in [0.25, 0.3) is 0 Å². The largest absolute Gasteiger partial charge is 0.469 e. The number of amides is 2. The van der Waals surface area contributed by atoms with Crippen LogP contribution in [0.15, 0.2) is 41.0 Å². The molecule has 0 aliphatic rings. The molecule has 0 radical (unpaired) electrons. The van der Waals surface area contributed by atoms with Crippen LogP contribution >= 0.6 is 0 Å². The molecule has 0 aliphatic carbocycles. The molecule has 0 aliphatic heterocycles. The topological polar surface area (TPSA) is 71.3 Å². The minimum absolute atomic E-state index is 0.0694. The summed E-state index contributed by atoms with van der Waals surface area (Å²) in [6, 6.07) is 6.83. The van der Waals surface area contributed by atoms with Crippen molar-refractivity contribution >= 4 is 17.5 Å². The van der Waals surface area contributed by atoms with Crippen LogP contribution in [-0.4, -0.2) is 18.4 Å². The second-order valence-corrected chi connectivity index (χ2v) is 4.82. The number of carbonyl (C=O) groups is 2. The van der Waals surface area contributed by atoms with Crippen LogP contribution in [0.5, 0.6) is 0 Å². The van der Waals surface area contributed by atoms with E-state index in [1.807, 2.05) is 0 Å². The molecule has 0 atom stereocenters. The molecule has 0 saturated heterocycles. The van der Waals surface area contributed by atoms with Crippen molar-refractivity contribution in [1.82, 2.24) is 5.32 Å². The lowest BCUT2D eigenvalue weighted by Gasteiger charge is -2.07. The van der Waals surface area contributed by atoms with Gasteiger partial charge in [-0.05, 0) is 24.3 Å². The summed E-state index contributed by atoms with van der Waals surface area (Å²) in [7, 11) is 0. The van der Waals surface area contributed by atoms with E-state index in [1.165, 1.54) is 6.07 Å². The Morgan fingerprint density at radius 3 is 2.35 bits per heavy atom. The summed E-state index contributed by atoms with van der Waals surface area (Å²) in [6.07, 6.45) is 1.86. The van der Waals surface area contributed by atoms with Crippen molar-refractivity contribution < 1.29 is 22.8 Å². The zero-order valence-electron chi connectivity index (χ0n) is 12.3. The number of hydrogen-bond acceptors (Lipinski definition) is 3. The highest BCUT2D eigenvalue weighted by molar-refractivity contribution is 5.93. The fourth-order valence-electron chi connectivity index (χ4n) is 1.91. The Hall–Kier alpha value is -2.70. The highest BCUT2D eigenvalue weighted by Crippen LogP contribution is 2.18. The Morgan fingerprint density at radius 1 is 1.00 bits per heavy atom. The summed E-state index contributed by atoms with van der Waals surface area (Å²) >= 11 is 0. The summed E-state index contributed by atoms with van der Waals surface area (Å²) in [4.78, 5) is 23.2. The first-order valence-electron chi connectivity index (χ1n) is 7.09. The normalized spacial score (nSPS) is 10.3. The zero-order valence-corrected chi connectivity index (χ0v) is 12.3. The van der Waals surface area contributed by atoms with Gasteiger partial charge in [-0.25, -0.2) is 8.78 Å². The standard InChI is InChI=1S/C16H16F2N2O3/c17-12-4-1-5-13(18)16(12)20-15(22)7-6-14(21)19-9-8-11-3-2-10-23-11/h1-5,10H,6-9H2,(H,19,21)(H,20,22). The van der Waals surface area contributed by atoms with Crippen LogP contribution in [0.1, 0.15) is 18.6 Å². The maximum Gasteiger partial charge on any atom is 0.225 e. The van der Waals surface area contributed by atoms with Gasteiger partial charge < -0.3 is 15.1 Å². The Balaban J connectivity index is 1.70. The summed E-state index contributed by atoms with van der Waals surface area (Å²) < 4.78 is 31.9. The van der Waals surface area contributed by atoms with Gasteiger partial charge in [0.2, 0.25) is 11.8 Å². The minimum Gasteiger partial charge on any atom is -0.469 e. The van der Waals surface area contributed by atoms with E-state index in [0.29, 0.717) is 13.0 Å². The third-order valence-electron chi connectivity index (χ3n) is 3.08. The van der Waals surface area contributed by atoms with Gasteiger partial charge in [-0.1, -0.05) is 6.07 Å². The van der Waals surface area contributed by atoms with Gasteiger partial charge in [0.1, 0.15) is 23.1 Å². The number of benzene rings is 1. The van der Waals surface area contributed by atoms with E-state index in [1.54, 1.807) is 18.4 Å². The van der Waals surface area contributed by atoms with Gasteiger partial charge >= 0.3 is 0 Å². The molecule has 2 N–H and O–H groups in total. The van der Waals surface area contributed by atoms with Gasteiger partial charge in [0.25, 0.3) is 0 Å². The van der Waals surface area contributed by atoms with Crippen LogP contribution in [0.3, 0.4) is 0 Å². The summed E-state index contributed by atoms with van der Waals surface area (Å²) in [5.41, 5.74) is -0.504. The number of furan rings is 1. The first-order chi connectivity index (χ1) is 11.1. The molecule has 2 amide bonds. The van der Waals surface area contributed by atoms with E-state index in [9.17, 15) is 18.4 Å². The first-order valence-corrected chi connectivity index (χ1v) is 7.09. The van der Waals surface area contributed by atoms with Crippen molar-refractivity contribution in [3.8, 4) is 0 Å². The first kappa shape index (κ1) is 16.7. The molecule has 0 spiro atoms. The highest BCUT2D eigenvalue weighted by atomic mass is 19.1. The van der Waals surface area contributed by atoms with Gasteiger partial charge in [-0.3, -0.25) is 9.59 Å². The molecule has 7 heteroatoms. The smallest absolute Gasteiger partial charge is 0.225 e. The van der Waals surface area contributed by atoms with Gasteiger partial charge in [0.05, 0.1) is 6.26 Å². The van der Waals surface area contributed by atoms with Crippen molar-refractivity contribution in [2.75, 3.05) is 11.9 Å². The maximum atomic E-state index is 13.4. The van der Waals surface area contributed by atoms with E-state index in [4.69, 9.17) is 4.42 Å². The van der Waals surface area contributed by atoms with Gasteiger partial charge in [-0.2, -0.15) is 0 Å². The average molecular weight is 322 g/mol. The van der Waals surface area contributed by atoms with E-state index in [0.717, 1.165) is 17.9 Å². The van der Waals surface area contributed by atoms with Gasteiger partial charge in [-0.15, -0.1) is 0 Å². The fourth-order valence-corrected chi connectivity index (χ4v) is 1.91. The second-order valence-electron chi connectivity index (χ2n) is 4.82. The van der Waals surface area contributed by atoms with Crippen molar-refractivity contribution in [2.45, 2.75) is 19.3 Å². The molecule has 23 heavy (non-hydrogen) atoms. The van der Waals surface area contributed by atoms with Gasteiger partial charge in [0.15, 0.2) is 0 Å². The SMILES string of the molecule is O=C(CCC(=O)Nc1c(F)cccc1F)NCCc1ccco1. The summed E-state index contributed by atoms with van der Waals surface area (Å²) in [5, 5.41) is 4.76. The Labute approximate surface area is 131 Å². The molecule has 1 aromatic heterocycles. The lowest BCUT2D eigenvalue weighted by Crippen LogP contribution is -2.26. The van der Waals surface area contributed by atoms with E-state index in [2.05, 4.69) is 10.6 Å². The van der Waals surface area contributed by atoms with Crippen LogP contribution in [-0.2, 0) is 16.0 Å². The Morgan fingerprint density at radius 2 is 1.70 bits per heavy atom. The van der Waals surface area contributed by atoms with Crippen LogP contribution < -0.4 is 10.6 Å². The van der Waals surface area contributed by atoms with Crippen LogP contribution in [0, 0.1) is 11.6 Å². The third kappa shape index (κ3) is 5.21. The number of nitrogens with one attached hydrogen (secondary N) is 2. The number of anilines is 1. The highest BCUT2D eigenvalue weighted by Gasteiger charge is 2.13. The van der Waals surface area contributed by atoms with E-state index in [-0.39, 0.29) is 18.7 Å². The molecule has 122 valence electrons. The molecule has 0 unspecified atom stereocenters. The van der Waals surface area contributed by atoms with Crippen molar-refractivity contribution in [3.63, 3.8) is 0 Å². The van der Waals surface area contributed by atoms with Gasteiger partial charge in [0, 0.05) is 25.8 Å². The molecule has 0 bridgehead atoms. The number of rotatable bonds is 7. The maximum absolute atomic E-state index is 13.4. The number of halogens is 2. The minimum atomic E-state index is -0.860. The van der Waals surface area contributed by atoms with E-state index < -0.39 is 23.2 Å². The summed E-state index contributed by atoms with van der Waals surface area (Å²) in [6.45, 7) is 0.385. The predicted octanol–water partition coefficient (Wildman–Crippen LogP) is 2.64. The molecule has 5 nitrogen and oxygen atoms in total. The predicted molar refractivity (Wildman–Crippen MR) is 79.6 cm³/mol. The summed E-state index contributed by atoms with van der Waals surface area (Å²) in [5.74, 6) is -1.92. The lowest BCUT2D eigenvalue weighted by molar-refractivity contribution is -0.124. The third-order valence-corrected chi connectivity index (χ3v) is 3.08. The van der Waals surface area contributed by atoms with Crippen molar-refractivity contribution in [3.05, 3.63) is 54.0 Å². The Bertz CT molecular complexity index is 652. The molecule has 0 saturated carbocycles. The van der Waals surface area contributed by atoms with Crippen molar-refractivity contribution in [1.29, 1.82) is 0 Å². The molecule has 1 heterocycles. The molecule has 1 aromatic carbocycles. The number of carbonyl (C=O) groups excluding carboxylic acids is 2. The second kappa shape index (κ2) is 8.07. The van der Waals surface area contributed by atoms with Crippen LogP contribution in [0.4, 0.5) is 14.5 Å². The number of hydrogen-bond donors (Lipinski definition) is 2. The average Bonchev–Trinajstić information content (AvgIpc) is 3.02. The quantitative estimate of drug-likeness (QED) is 0.823. The van der Waals surface area contributed by atoms with Crippen molar-refractivity contribution in [2.24, 2.45) is 0 Å². The molecular formula is C16H16F2N2O3. The monoisotopic (exact) mass is 322 g/mol. The molecular weight excluding hydrogens is 306 g/mol.